The lowest BCUT2D eigenvalue weighted by Gasteiger charge is -2.39. The maximum Gasteiger partial charge on any atom is 0.310 e. The van der Waals surface area contributed by atoms with Crippen LogP contribution in [0.1, 0.15) is 81.6 Å². The SMILES string of the molecule is C=C(C)/C(CC(=O)OC(C)C)=C(\C=C/C)N1CCC(C)(C)CC1.CC(C)(C)O. The fourth-order valence-corrected chi connectivity index (χ4v) is 2.82. The van der Waals surface area contributed by atoms with Crippen molar-refractivity contribution >= 4 is 5.97 Å². The number of aliphatic hydroxyl groups is 1. The Hall–Kier alpha value is -1.55. The molecular formula is C24H43NO3. The van der Waals surface area contributed by atoms with Gasteiger partial charge in [0.25, 0.3) is 0 Å². The maximum atomic E-state index is 12.1. The van der Waals surface area contributed by atoms with Crippen LogP contribution in [0.4, 0.5) is 0 Å². The highest BCUT2D eigenvalue weighted by molar-refractivity contribution is 5.74. The maximum absolute atomic E-state index is 12.1. The molecule has 1 heterocycles. The summed E-state index contributed by atoms with van der Waals surface area (Å²) >= 11 is 0. The van der Waals surface area contributed by atoms with Gasteiger partial charge in [-0.1, -0.05) is 32.1 Å². The van der Waals surface area contributed by atoms with E-state index in [9.17, 15) is 4.79 Å². The molecule has 0 aromatic carbocycles. The van der Waals surface area contributed by atoms with Crippen molar-refractivity contribution in [2.24, 2.45) is 5.41 Å². The first kappa shape index (κ1) is 26.4. The Kier molecular flexibility index (Phi) is 10.8. The third kappa shape index (κ3) is 12.0. The Morgan fingerprint density at radius 3 is 2.07 bits per heavy atom. The first-order chi connectivity index (χ1) is 12.7. The summed E-state index contributed by atoms with van der Waals surface area (Å²) in [7, 11) is 0. The fourth-order valence-electron chi connectivity index (χ4n) is 2.82. The summed E-state index contributed by atoms with van der Waals surface area (Å²) in [6, 6.07) is 0. The average molecular weight is 394 g/mol. The summed E-state index contributed by atoms with van der Waals surface area (Å²) < 4.78 is 5.32. The zero-order chi connectivity index (χ0) is 22.1. The number of nitrogens with zero attached hydrogens (tertiary/aromatic N) is 1. The third-order valence-corrected chi connectivity index (χ3v) is 4.29. The predicted molar refractivity (Wildman–Crippen MR) is 119 cm³/mol. The lowest BCUT2D eigenvalue weighted by atomic mass is 9.82. The number of carbonyl (C=O) groups is 1. The van der Waals surface area contributed by atoms with Crippen molar-refractivity contribution in [3.05, 3.63) is 35.6 Å². The first-order valence-corrected chi connectivity index (χ1v) is 10.3. The molecule has 1 saturated heterocycles. The highest BCUT2D eigenvalue weighted by atomic mass is 16.5. The molecule has 4 nitrogen and oxygen atoms in total. The van der Waals surface area contributed by atoms with Gasteiger partial charge in [-0.15, -0.1) is 0 Å². The Balaban J connectivity index is 0.00000129. The number of hydrogen-bond donors (Lipinski definition) is 1. The molecule has 1 aliphatic heterocycles. The molecule has 0 aliphatic carbocycles. The summed E-state index contributed by atoms with van der Waals surface area (Å²) in [5.41, 5.74) is 2.95. The minimum Gasteiger partial charge on any atom is -0.463 e. The molecule has 1 aliphatic rings. The van der Waals surface area contributed by atoms with E-state index in [2.05, 4.69) is 31.4 Å². The molecule has 0 atom stereocenters. The van der Waals surface area contributed by atoms with E-state index in [-0.39, 0.29) is 18.5 Å². The van der Waals surface area contributed by atoms with Crippen molar-refractivity contribution in [2.45, 2.75) is 93.3 Å². The monoisotopic (exact) mass is 393 g/mol. The summed E-state index contributed by atoms with van der Waals surface area (Å²) in [5.74, 6) is -0.183. The van der Waals surface area contributed by atoms with E-state index in [1.165, 1.54) is 0 Å². The van der Waals surface area contributed by atoms with Crippen LogP contribution < -0.4 is 0 Å². The molecule has 0 aromatic rings. The van der Waals surface area contributed by atoms with Crippen molar-refractivity contribution in [2.75, 3.05) is 13.1 Å². The molecule has 0 aromatic heterocycles. The van der Waals surface area contributed by atoms with Crippen LogP contribution in [0.15, 0.2) is 35.6 Å². The van der Waals surface area contributed by atoms with Crippen LogP contribution in [0.2, 0.25) is 0 Å². The lowest BCUT2D eigenvalue weighted by Crippen LogP contribution is -2.37. The largest absolute Gasteiger partial charge is 0.463 e. The minimum atomic E-state index is -0.500. The molecule has 0 amide bonds. The Labute approximate surface area is 173 Å². The van der Waals surface area contributed by atoms with Crippen LogP contribution in [0.3, 0.4) is 0 Å². The normalized spacial score (nSPS) is 17.8. The van der Waals surface area contributed by atoms with Gasteiger partial charge in [-0.25, -0.2) is 0 Å². The van der Waals surface area contributed by atoms with Gasteiger partial charge in [0.05, 0.1) is 18.1 Å². The summed E-state index contributed by atoms with van der Waals surface area (Å²) in [6.07, 6.45) is 6.65. The summed E-state index contributed by atoms with van der Waals surface area (Å²) in [6.45, 7) is 23.7. The van der Waals surface area contributed by atoms with E-state index >= 15 is 0 Å². The van der Waals surface area contributed by atoms with Crippen LogP contribution in [-0.4, -0.2) is 40.8 Å². The third-order valence-electron chi connectivity index (χ3n) is 4.29. The van der Waals surface area contributed by atoms with Crippen LogP contribution in [0, 0.1) is 5.41 Å². The Bertz CT molecular complexity index is 561. The van der Waals surface area contributed by atoms with Crippen LogP contribution >= 0.6 is 0 Å². The van der Waals surface area contributed by atoms with Gasteiger partial charge in [0.1, 0.15) is 0 Å². The fraction of sp³-hybridized carbons (Fsp3) is 0.708. The number of esters is 1. The minimum absolute atomic E-state index is 0.0881. The zero-order valence-electron chi connectivity index (χ0n) is 19.7. The number of carbonyl (C=O) groups excluding carboxylic acids is 1. The number of rotatable bonds is 6. The van der Waals surface area contributed by atoms with Gasteiger partial charge in [-0.3, -0.25) is 4.79 Å². The van der Waals surface area contributed by atoms with Gasteiger partial charge in [0.15, 0.2) is 0 Å². The molecule has 1 N–H and O–H groups in total. The van der Waals surface area contributed by atoms with E-state index in [0.717, 1.165) is 42.8 Å². The van der Waals surface area contributed by atoms with Crippen molar-refractivity contribution < 1.29 is 14.6 Å². The van der Waals surface area contributed by atoms with Gasteiger partial charge in [-0.05, 0) is 78.4 Å². The topological polar surface area (TPSA) is 49.8 Å². The molecule has 0 spiro atoms. The van der Waals surface area contributed by atoms with Crippen LogP contribution in [-0.2, 0) is 9.53 Å². The second-order valence-corrected chi connectivity index (χ2v) is 9.68. The standard InChI is InChI=1S/C20H33NO2.C4H10O/c1-8-9-18(21-12-10-20(6,7)11-13-21)17(15(2)3)14-19(22)23-16(4)5;1-4(2,3)5/h8-9,16H,2,10-14H2,1,3-7H3;5H,1-3H3/b9-8-,18-17+;. The number of hydrogen-bond acceptors (Lipinski definition) is 4. The van der Waals surface area contributed by atoms with Crippen LogP contribution in [0.5, 0.6) is 0 Å². The van der Waals surface area contributed by atoms with Gasteiger partial charge in [0.2, 0.25) is 0 Å². The predicted octanol–water partition coefficient (Wildman–Crippen LogP) is 5.63. The van der Waals surface area contributed by atoms with Gasteiger partial charge < -0.3 is 14.7 Å². The molecule has 162 valence electrons. The van der Waals surface area contributed by atoms with E-state index in [1.807, 2.05) is 33.8 Å². The number of piperidine rings is 1. The Morgan fingerprint density at radius 1 is 1.25 bits per heavy atom. The smallest absolute Gasteiger partial charge is 0.310 e. The van der Waals surface area contributed by atoms with Crippen molar-refractivity contribution in [3.63, 3.8) is 0 Å². The molecule has 1 rings (SSSR count). The molecular weight excluding hydrogens is 350 g/mol. The van der Waals surface area contributed by atoms with E-state index in [0.29, 0.717) is 5.41 Å². The number of ether oxygens (including phenoxy) is 1. The number of likely N-dealkylation sites (tertiary alicyclic amines) is 1. The molecule has 0 bridgehead atoms. The average Bonchev–Trinajstić information content (AvgIpc) is 2.48. The van der Waals surface area contributed by atoms with Gasteiger partial charge in [0, 0.05) is 18.8 Å². The van der Waals surface area contributed by atoms with Crippen LogP contribution in [0.25, 0.3) is 0 Å². The highest BCUT2D eigenvalue weighted by Gasteiger charge is 2.27. The highest BCUT2D eigenvalue weighted by Crippen LogP contribution is 2.33. The molecule has 0 saturated carbocycles. The number of allylic oxidation sites excluding steroid dienone is 3. The van der Waals surface area contributed by atoms with Crippen molar-refractivity contribution in [3.8, 4) is 0 Å². The quantitative estimate of drug-likeness (QED) is 0.469. The van der Waals surface area contributed by atoms with Crippen molar-refractivity contribution in [1.82, 2.24) is 4.90 Å². The van der Waals surface area contributed by atoms with Gasteiger partial charge in [-0.2, -0.15) is 0 Å². The van der Waals surface area contributed by atoms with E-state index in [1.54, 1.807) is 20.8 Å². The summed E-state index contributed by atoms with van der Waals surface area (Å²) in [4.78, 5) is 14.5. The molecule has 4 heteroatoms. The molecule has 0 unspecified atom stereocenters. The van der Waals surface area contributed by atoms with Crippen molar-refractivity contribution in [1.29, 1.82) is 0 Å². The molecule has 1 fully saturated rings. The lowest BCUT2D eigenvalue weighted by molar-refractivity contribution is -0.146. The van der Waals surface area contributed by atoms with E-state index in [4.69, 9.17) is 9.84 Å². The molecule has 0 radical (unpaired) electrons. The van der Waals surface area contributed by atoms with Gasteiger partial charge >= 0.3 is 5.97 Å². The first-order valence-electron chi connectivity index (χ1n) is 10.3. The van der Waals surface area contributed by atoms with E-state index < -0.39 is 5.60 Å². The summed E-state index contributed by atoms with van der Waals surface area (Å²) in [5, 5.41) is 8.52. The second-order valence-electron chi connectivity index (χ2n) is 9.68. The second kappa shape index (κ2) is 11.5. The molecule has 28 heavy (non-hydrogen) atoms. The zero-order valence-corrected chi connectivity index (χ0v) is 19.7. The Morgan fingerprint density at radius 2 is 1.71 bits per heavy atom.